The van der Waals surface area contributed by atoms with E-state index in [2.05, 4.69) is 31.2 Å². The van der Waals surface area contributed by atoms with Gasteiger partial charge in [-0.2, -0.15) is 0 Å². The second kappa shape index (κ2) is 6.26. The lowest BCUT2D eigenvalue weighted by Crippen LogP contribution is -2.14. The number of hydrogen-bond acceptors (Lipinski definition) is 4. The molecule has 0 spiro atoms. The number of halogens is 2. The van der Waals surface area contributed by atoms with Crippen LogP contribution in [0.5, 0.6) is 0 Å². The molecule has 1 amide bonds. The second-order valence-electron chi connectivity index (χ2n) is 3.48. The molecule has 1 N–H and O–H groups in total. The molecule has 7 heteroatoms. The molecule has 0 radical (unpaired) electrons. The summed E-state index contributed by atoms with van der Waals surface area (Å²) in [5, 5.41) is 5.37. The van der Waals surface area contributed by atoms with E-state index in [9.17, 15) is 4.79 Å². The van der Waals surface area contributed by atoms with Gasteiger partial charge in [0.05, 0.1) is 29.9 Å². The van der Waals surface area contributed by atoms with Crippen molar-refractivity contribution in [3.63, 3.8) is 0 Å². The van der Waals surface area contributed by atoms with Crippen LogP contribution in [0, 0.1) is 0 Å². The van der Waals surface area contributed by atoms with E-state index in [-0.39, 0.29) is 12.3 Å². The van der Waals surface area contributed by atoms with Crippen molar-refractivity contribution >= 4 is 50.5 Å². The Morgan fingerprint density at radius 1 is 1.50 bits per heavy atom. The summed E-state index contributed by atoms with van der Waals surface area (Å²) in [4.78, 5) is 20.0. The fourth-order valence-electron chi connectivity index (χ4n) is 1.31. The van der Waals surface area contributed by atoms with Gasteiger partial charge in [-0.1, -0.05) is 0 Å². The van der Waals surface area contributed by atoms with E-state index >= 15 is 0 Å². The highest BCUT2D eigenvalue weighted by molar-refractivity contribution is 9.10. The molecular formula is C11H9BrClN3OS. The van der Waals surface area contributed by atoms with Gasteiger partial charge in [-0.25, -0.2) is 4.98 Å². The smallest absolute Gasteiger partial charge is 0.231 e. The van der Waals surface area contributed by atoms with Gasteiger partial charge in [0.25, 0.3) is 0 Å². The van der Waals surface area contributed by atoms with Crippen LogP contribution in [0.3, 0.4) is 0 Å². The van der Waals surface area contributed by atoms with Crippen LogP contribution >= 0.6 is 38.9 Å². The minimum absolute atomic E-state index is 0.120. The topological polar surface area (TPSA) is 54.9 Å². The van der Waals surface area contributed by atoms with Crippen molar-refractivity contribution < 1.29 is 4.79 Å². The first kappa shape index (κ1) is 13.5. The molecule has 2 rings (SSSR count). The van der Waals surface area contributed by atoms with E-state index in [1.54, 1.807) is 18.5 Å². The van der Waals surface area contributed by atoms with E-state index in [1.807, 2.05) is 5.38 Å². The first-order valence-electron chi connectivity index (χ1n) is 5.07. The van der Waals surface area contributed by atoms with Gasteiger partial charge in [0.2, 0.25) is 5.91 Å². The lowest BCUT2D eigenvalue weighted by molar-refractivity contribution is -0.115. The van der Waals surface area contributed by atoms with Gasteiger partial charge in [-0.3, -0.25) is 9.78 Å². The normalized spacial score (nSPS) is 10.3. The number of alkyl halides is 1. The van der Waals surface area contributed by atoms with Crippen LogP contribution in [-0.2, 0) is 17.1 Å². The van der Waals surface area contributed by atoms with Gasteiger partial charge in [-0.15, -0.1) is 22.9 Å². The summed E-state index contributed by atoms with van der Waals surface area (Å²) in [6.45, 7) is 0. The fraction of sp³-hybridized carbons (Fsp3) is 0.182. The number of thiazole rings is 1. The molecule has 0 aliphatic carbocycles. The maximum Gasteiger partial charge on any atom is 0.231 e. The molecule has 0 saturated heterocycles. The zero-order valence-electron chi connectivity index (χ0n) is 9.19. The Balaban J connectivity index is 1.96. The zero-order chi connectivity index (χ0) is 13.0. The van der Waals surface area contributed by atoms with Crippen LogP contribution in [-0.4, -0.2) is 15.9 Å². The monoisotopic (exact) mass is 345 g/mol. The minimum atomic E-state index is -0.120. The van der Waals surface area contributed by atoms with Crippen molar-refractivity contribution in [3.8, 4) is 0 Å². The maximum absolute atomic E-state index is 11.8. The van der Waals surface area contributed by atoms with Crippen molar-refractivity contribution in [2.45, 2.75) is 12.3 Å². The lowest BCUT2D eigenvalue weighted by Gasteiger charge is -2.03. The molecule has 0 aliphatic heterocycles. The summed E-state index contributed by atoms with van der Waals surface area (Å²) < 4.78 is 0.818. The Labute approximate surface area is 122 Å². The SMILES string of the molecule is O=C(Cc1nc(CCl)cs1)Nc1cncc(Br)c1. The summed E-state index contributed by atoms with van der Waals surface area (Å²) in [6, 6.07) is 1.79. The standard InChI is InChI=1S/C11H9BrClN3OS/c12-7-1-8(5-14-4-7)15-10(17)2-11-16-9(3-13)6-18-11/h1,4-6H,2-3H2,(H,15,17). The summed E-state index contributed by atoms with van der Waals surface area (Å²) in [6.07, 6.45) is 3.49. The molecule has 0 aromatic carbocycles. The van der Waals surface area contributed by atoms with Crippen LogP contribution in [0.4, 0.5) is 5.69 Å². The largest absolute Gasteiger partial charge is 0.324 e. The Hall–Kier alpha value is -0.980. The van der Waals surface area contributed by atoms with E-state index in [0.717, 1.165) is 15.2 Å². The number of carbonyl (C=O) groups is 1. The molecular weight excluding hydrogens is 338 g/mol. The van der Waals surface area contributed by atoms with Crippen LogP contribution in [0.1, 0.15) is 10.7 Å². The van der Waals surface area contributed by atoms with Crippen LogP contribution in [0.15, 0.2) is 28.3 Å². The van der Waals surface area contributed by atoms with Crippen LogP contribution in [0.2, 0.25) is 0 Å². The molecule has 0 unspecified atom stereocenters. The van der Waals surface area contributed by atoms with Gasteiger partial charge in [0.15, 0.2) is 0 Å². The first-order valence-corrected chi connectivity index (χ1v) is 7.28. The average Bonchev–Trinajstić information content (AvgIpc) is 2.76. The Morgan fingerprint density at radius 2 is 2.33 bits per heavy atom. The average molecular weight is 347 g/mol. The third-order valence-electron chi connectivity index (χ3n) is 2.04. The van der Waals surface area contributed by atoms with Crippen molar-refractivity contribution in [2.75, 3.05) is 5.32 Å². The molecule has 94 valence electrons. The molecule has 2 aromatic rings. The molecule has 0 aliphatic rings. The summed E-state index contributed by atoms with van der Waals surface area (Å²) in [5.41, 5.74) is 1.46. The van der Waals surface area contributed by atoms with E-state index in [1.165, 1.54) is 11.3 Å². The number of nitrogens with zero attached hydrogens (tertiary/aromatic N) is 2. The Bertz CT molecular complexity index is 561. The molecule has 0 atom stereocenters. The summed E-state index contributed by atoms with van der Waals surface area (Å²) >= 11 is 10.4. The van der Waals surface area contributed by atoms with Gasteiger partial charge in [-0.05, 0) is 22.0 Å². The quantitative estimate of drug-likeness (QED) is 0.865. The molecule has 0 fully saturated rings. The fourth-order valence-corrected chi connectivity index (χ4v) is 2.70. The molecule has 2 aromatic heterocycles. The number of pyridine rings is 1. The maximum atomic E-state index is 11.8. The molecule has 0 bridgehead atoms. The van der Waals surface area contributed by atoms with Crippen molar-refractivity contribution in [1.82, 2.24) is 9.97 Å². The number of rotatable bonds is 4. The highest BCUT2D eigenvalue weighted by Crippen LogP contribution is 2.15. The second-order valence-corrected chi connectivity index (χ2v) is 5.61. The summed E-state index contributed by atoms with van der Waals surface area (Å²) in [5.74, 6) is 0.249. The van der Waals surface area contributed by atoms with Gasteiger partial charge in [0.1, 0.15) is 5.01 Å². The van der Waals surface area contributed by atoms with E-state index < -0.39 is 0 Å². The highest BCUT2D eigenvalue weighted by Gasteiger charge is 2.08. The molecule has 2 heterocycles. The minimum Gasteiger partial charge on any atom is -0.324 e. The van der Waals surface area contributed by atoms with E-state index in [0.29, 0.717) is 11.6 Å². The molecule has 0 saturated carbocycles. The summed E-state index contributed by atoms with van der Waals surface area (Å²) in [7, 11) is 0. The van der Waals surface area contributed by atoms with Gasteiger partial charge < -0.3 is 5.32 Å². The number of nitrogens with one attached hydrogen (secondary N) is 1. The predicted molar refractivity (Wildman–Crippen MR) is 75.9 cm³/mol. The Kier molecular flexibility index (Phi) is 4.68. The molecule has 18 heavy (non-hydrogen) atoms. The number of amides is 1. The number of hydrogen-bond donors (Lipinski definition) is 1. The number of aromatic nitrogens is 2. The predicted octanol–water partition coefficient (Wildman–Crippen LogP) is 3.22. The van der Waals surface area contributed by atoms with E-state index in [4.69, 9.17) is 11.6 Å². The van der Waals surface area contributed by atoms with Crippen molar-refractivity contribution in [1.29, 1.82) is 0 Å². The molecule has 4 nitrogen and oxygen atoms in total. The van der Waals surface area contributed by atoms with Crippen molar-refractivity contribution in [2.24, 2.45) is 0 Å². The van der Waals surface area contributed by atoms with Gasteiger partial charge in [0, 0.05) is 16.0 Å². The van der Waals surface area contributed by atoms with Gasteiger partial charge >= 0.3 is 0 Å². The third kappa shape index (κ3) is 3.76. The third-order valence-corrected chi connectivity index (χ3v) is 3.64. The first-order chi connectivity index (χ1) is 8.67. The Morgan fingerprint density at radius 3 is 3.00 bits per heavy atom. The van der Waals surface area contributed by atoms with Crippen LogP contribution < -0.4 is 5.32 Å². The number of anilines is 1. The zero-order valence-corrected chi connectivity index (χ0v) is 12.3. The highest BCUT2D eigenvalue weighted by atomic mass is 79.9. The number of carbonyl (C=O) groups excluding carboxylic acids is 1. The van der Waals surface area contributed by atoms with Crippen LogP contribution in [0.25, 0.3) is 0 Å². The lowest BCUT2D eigenvalue weighted by atomic mass is 10.3. The van der Waals surface area contributed by atoms with Crippen molar-refractivity contribution in [3.05, 3.63) is 39.0 Å².